The Labute approximate surface area is 109 Å². The number of nitrogens with one attached hydrogen (secondary N) is 2. The van der Waals surface area contributed by atoms with Crippen molar-refractivity contribution in [2.45, 2.75) is 18.6 Å². The molecule has 2 rings (SSSR count). The molecule has 1 aliphatic heterocycles. The Bertz CT molecular complexity index is 414. The molecule has 1 atom stereocenters. The molecule has 2 N–H and O–H groups in total. The summed E-state index contributed by atoms with van der Waals surface area (Å²) in [5.41, 5.74) is -0.113. The van der Waals surface area contributed by atoms with E-state index in [0.717, 1.165) is 25.7 Å². The van der Waals surface area contributed by atoms with Crippen LogP contribution >= 0.6 is 11.6 Å². The van der Waals surface area contributed by atoms with Gasteiger partial charge in [0.15, 0.2) is 0 Å². The molecule has 1 aromatic carbocycles. The van der Waals surface area contributed by atoms with Crippen molar-refractivity contribution in [2.24, 2.45) is 0 Å². The van der Waals surface area contributed by atoms with Gasteiger partial charge >= 0.3 is 6.18 Å². The van der Waals surface area contributed by atoms with Gasteiger partial charge < -0.3 is 10.6 Å². The molecule has 1 fully saturated rings. The molecule has 1 aromatic rings. The van der Waals surface area contributed by atoms with E-state index in [4.69, 9.17) is 11.6 Å². The van der Waals surface area contributed by atoms with E-state index in [1.54, 1.807) is 6.07 Å². The average molecular weight is 279 g/mol. The lowest BCUT2D eigenvalue weighted by atomic mass is 10.0. The molecule has 0 aliphatic carbocycles. The summed E-state index contributed by atoms with van der Waals surface area (Å²) in [6.07, 6.45) is -3.83. The molecular weight excluding hydrogens is 265 g/mol. The Morgan fingerprint density at radius 3 is 2.67 bits per heavy atom. The van der Waals surface area contributed by atoms with Crippen LogP contribution in [0.15, 0.2) is 18.2 Å². The molecular formula is C12H14ClF3N2. The second-order valence-corrected chi connectivity index (χ2v) is 4.78. The molecule has 0 amide bonds. The van der Waals surface area contributed by atoms with E-state index >= 15 is 0 Å². The largest absolute Gasteiger partial charge is 0.417 e. The van der Waals surface area contributed by atoms with Crippen molar-refractivity contribution in [1.82, 2.24) is 10.6 Å². The van der Waals surface area contributed by atoms with E-state index in [1.807, 2.05) is 0 Å². The maximum atomic E-state index is 12.7. The van der Waals surface area contributed by atoms with Crippen LogP contribution in [0.5, 0.6) is 0 Å². The SMILES string of the molecule is FC(F)(F)c1cc(CC2CNCCN2)ccc1Cl. The summed E-state index contributed by atoms with van der Waals surface area (Å²) in [6.45, 7) is 2.50. The Morgan fingerprint density at radius 2 is 2.06 bits per heavy atom. The van der Waals surface area contributed by atoms with Gasteiger partial charge in [0.1, 0.15) is 0 Å². The van der Waals surface area contributed by atoms with E-state index in [0.29, 0.717) is 12.0 Å². The van der Waals surface area contributed by atoms with Gasteiger partial charge in [-0.25, -0.2) is 0 Å². The highest BCUT2D eigenvalue weighted by Crippen LogP contribution is 2.35. The Kier molecular flexibility index (Phi) is 4.14. The molecule has 0 spiro atoms. The molecule has 1 heterocycles. The summed E-state index contributed by atoms with van der Waals surface area (Å²) in [5.74, 6) is 0. The van der Waals surface area contributed by atoms with Crippen LogP contribution in [0.25, 0.3) is 0 Å². The van der Waals surface area contributed by atoms with Gasteiger partial charge in [0, 0.05) is 25.7 Å². The maximum absolute atomic E-state index is 12.7. The first-order chi connectivity index (χ1) is 8.47. The summed E-state index contributed by atoms with van der Waals surface area (Å²) in [6, 6.07) is 4.27. The van der Waals surface area contributed by atoms with Crippen molar-refractivity contribution >= 4 is 11.6 Å². The fourth-order valence-corrected chi connectivity index (χ4v) is 2.28. The fraction of sp³-hybridized carbons (Fsp3) is 0.500. The van der Waals surface area contributed by atoms with Crippen molar-refractivity contribution < 1.29 is 13.2 Å². The van der Waals surface area contributed by atoms with Gasteiger partial charge in [-0.3, -0.25) is 0 Å². The number of benzene rings is 1. The topological polar surface area (TPSA) is 24.1 Å². The number of piperazine rings is 1. The predicted molar refractivity (Wildman–Crippen MR) is 64.8 cm³/mol. The van der Waals surface area contributed by atoms with E-state index in [9.17, 15) is 13.2 Å². The standard InChI is InChI=1S/C12H14ClF3N2/c13-11-2-1-8(6-10(11)12(14,15)16)5-9-7-17-3-4-18-9/h1-2,6,9,17-18H,3-5,7H2. The molecule has 1 aliphatic rings. The van der Waals surface area contributed by atoms with Gasteiger partial charge in [0.05, 0.1) is 10.6 Å². The third kappa shape index (κ3) is 3.37. The van der Waals surface area contributed by atoms with Crippen LogP contribution < -0.4 is 10.6 Å². The Balaban J connectivity index is 2.14. The summed E-state index contributed by atoms with van der Waals surface area (Å²) < 4.78 is 38.1. The van der Waals surface area contributed by atoms with Crippen molar-refractivity contribution in [3.05, 3.63) is 34.3 Å². The summed E-state index contributed by atoms with van der Waals surface area (Å²) in [5, 5.41) is 6.22. The van der Waals surface area contributed by atoms with Gasteiger partial charge in [-0.1, -0.05) is 17.7 Å². The molecule has 1 saturated heterocycles. The number of alkyl halides is 3. The Morgan fingerprint density at radius 1 is 1.28 bits per heavy atom. The van der Waals surface area contributed by atoms with Crippen LogP contribution in [0.4, 0.5) is 13.2 Å². The predicted octanol–water partition coefficient (Wildman–Crippen LogP) is 2.46. The zero-order valence-corrected chi connectivity index (χ0v) is 10.4. The first-order valence-electron chi connectivity index (χ1n) is 5.76. The van der Waals surface area contributed by atoms with Crippen LogP contribution in [0.1, 0.15) is 11.1 Å². The lowest BCUT2D eigenvalue weighted by molar-refractivity contribution is -0.137. The molecule has 0 aromatic heterocycles. The molecule has 1 unspecified atom stereocenters. The third-order valence-electron chi connectivity index (χ3n) is 2.94. The first-order valence-corrected chi connectivity index (χ1v) is 6.14. The quantitative estimate of drug-likeness (QED) is 0.868. The molecule has 6 heteroatoms. The lowest BCUT2D eigenvalue weighted by Crippen LogP contribution is -2.49. The van der Waals surface area contributed by atoms with Crippen LogP contribution in [-0.4, -0.2) is 25.7 Å². The van der Waals surface area contributed by atoms with Crippen LogP contribution in [0, 0.1) is 0 Å². The van der Waals surface area contributed by atoms with E-state index in [-0.39, 0.29) is 11.1 Å². The maximum Gasteiger partial charge on any atom is 0.417 e. The van der Waals surface area contributed by atoms with Crippen molar-refractivity contribution in [3.8, 4) is 0 Å². The highest BCUT2D eigenvalue weighted by Gasteiger charge is 2.33. The highest BCUT2D eigenvalue weighted by molar-refractivity contribution is 6.31. The van der Waals surface area contributed by atoms with E-state index in [2.05, 4.69) is 10.6 Å². The number of hydrogen-bond donors (Lipinski definition) is 2. The minimum Gasteiger partial charge on any atom is -0.314 e. The van der Waals surface area contributed by atoms with Gasteiger partial charge in [-0.05, 0) is 24.1 Å². The minimum absolute atomic E-state index is 0.168. The van der Waals surface area contributed by atoms with Gasteiger partial charge in [-0.15, -0.1) is 0 Å². The second kappa shape index (κ2) is 5.47. The Hall–Kier alpha value is -0.780. The highest BCUT2D eigenvalue weighted by atomic mass is 35.5. The van der Waals surface area contributed by atoms with Gasteiger partial charge in [0.25, 0.3) is 0 Å². The van der Waals surface area contributed by atoms with E-state index in [1.165, 1.54) is 6.07 Å². The molecule has 0 saturated carbocycles. The summed E-state index contributed by atoms with van der Waals surface area (Å²) in [4.78, 5) is 0. The smallest absolute Gasteiger partial charge is 0.314 e. The van der Waals surface area contributed by atoms with Crippen molar-refractivity contribution in [2.75, 3.05) is 19.6 Å². The molecule has 100 valence electrons. The number of halogens is 4. The van der Waals surface area contributed by atoms with Crippen LogP contribution in [-0.2, 0) is 12.6 Å². The van der Waals surface area contributed by atoms with Gasteiger partial charge in [0.2, 0.25) is 0 Å². The van der Waals surface area contributed by atoms with Crippen LogP contribution in [0.2, 0.25) is 5.02 Å². The summed E-state index contributed by atoms with van der Waals surface area (Å²) >= 11 is 5.58. The first kappa shape index (κ1) is 13.6. The molecule has 0 radical (unpaired) electrons. The lowest BCUT2D eigenvalue weighted by Gasteiger charge is -2.24. The molecule has 2 nitrogen and oxygen atoms in total. The normalized spacial score (nSPS) is 21.0. The average Bonchev–Trinajstić information content (AvgIpc) is 2.31. The molecule has 0 bridgehead atoms. The fourth-order valence-electron chi connectivity index (χ4n) is 2.06. The molecule has 18 heavy (non-hydrogen) atoms. The van der Waals surface area contributed by atoms with Crippen molar-refractivity contribution in [1.29, 1.82) is 0 Å². The summed E-state index contributed by atoms with van der Waals surface area (Å²) in [7, 11) is 0. The van der Waals surface area contributed by atoms with Gasteiger partial charge in [-0.2, -0.15) is 13.2 Å². The zero-order chi connectivity index (χ0) is 13.2. The second-order valence-electron chi connectivity index (χ2n) is 4.37. The zero-order valence-electron chi connectivity index (χ0n) is 9.65. The monoisotopic (exact) mass is 278 g/mol. The third-order valence-corrected chi connectivity index (χ3v) is 3.27. The number of rotatable bonds is 2. The minimum atomic E-state index is -4.40. The van der Waals surface area contributed by atoms with Crippen LogP contribution in [0.3, 0.4) is 0 Å². The number of hydrogen-bond acceptors (Lipinski definition) is 2. The van der Waals surface area contributed by atoms with E-state index < -0.39 is 11.7 Å². The van der Waals surface area contributed by atoms with Crippen molar-refractivity contribution in [3.63, 3.8) is 0 Å².